The highest BCUT2D eigenvalue weighted by Gasteiger charge is 2.31. The first-order valence-electron chi connectivity index (χ1n) is 12.5. The van der Waals surface area contributed by atoms with E-state index in [2.05, 4.69) is 83.9 Å². The van der Waals surface area contributed by atoms with Crippen LogP contribution in [0.5, 0.6) is 0 Å². The fraction of sp³-hybridized carbons (Fsp3) is 0.258. The van der Waals surface area contributed by atoms with Crippen LogP contribution in [0.1, 0.15) is 46.8 Å². The third-order valence-corrected chi connectivity index (χ3v) is 7.51. The molecule has 0 bridgehead atoms. The number of nitrogens with zero attached hydrogens (tertiary/aromatic N) is 1. The Morgan fingerprint density at radius 1 is 1.03 bits per heavy atom. The number of fused-ring (bicyclic) bond motifs is 1. The smallest absolute Gasteiger partial charge is 0.338 e. The van der Waals surface area contributed by atoms with Crippen LogP contribution in [0.2, 0.25) is 0 Å². The number of rotatable bonds is 7. The normalized spacial score (nSPS) is 18.8. The first kappa shape index (κ1) is 24.0. The van der Waals surface area contributed by atoms with Crippen LogP contribution < -0.4 is 10.2 Å². The molecule has 36 heavy (non-hydrogen) atoms. The van der Waals surface area contributed by atoms with Crippen LogP contribution in [0.3, 0.4) is 0 Å². The lowest BCUT2D eigenvalue weighted by Crippen LogP contribution is -2.43. The first-order valence-corrected chi connectivity index (χ1v) is 12.5. The predicted molar refractivity (Wildman–Crippen MR) is 143 cm³/mol. The summed E-state index contributed by atoms with van der Waals surface area (Å²) in [5.74, 6) is -1.24. The van der Waals surface area contributed by atoms with E-state index in [1.54, 1.807) is 6.07 Å². The monoisotopic (exact) mass is 482 g/mol. The fourth-order valence-corrected chi connectivity index (χ4v) is 5.50. The standard InChI is InChI=1S/C31H31FN2O2/c1-21(26-13-7-11-22-10-5-6-12-27(22)26)33-19-24-16-17-34(20-29(24)23-8-3-2-4-9-23)25-14-15-28(31(35)36)30(32)18-25/h2-15,18,21,24,29,33H,16-17,19-20H2,1H3,(H,35,36)/t21-,24?,29?/m1/s1. The van der Waals surface area contributed by atoms with Crippen molar-refractivity contribution in [3.8, 4) is 0 Å². The molecule has 0 aliphatic carbocycles. The summed E-state index contributed by atoms with van der Waals surface area (Å²) in [7, 11) is 0. The summed E-state index contributed by atoms with van der Waals surface area (Å²) in [6.07, 6.45) is 0.955. The van der Waals surface area contributed by atoms with Crippen LogP contribution in [0, 0.1) is 11.7 Å². The summed E-state index contributed by atoms with van der Waals surface area (Å²) < 4.78 is 14.4. The predicted octanol–water partition coefficient (Wildman–Crippen LogP) is 6.64. The molecule has 184 valence electrons. The summed E-state index contributed by atoms with van der Waals surface area (Å²) in [6, 6.07) is 30.1. The van der Waals surface area contributed by atoms with Gasteiger partial charge in [0.15, 0.2) is 0 Å². The van der Waals surface area contributed by atoms with Gasteiger partial charge < -0.3 is 15.3 Å². The quantitative estimate of drug-likeness (QED) is 0.310. The topological polar surface area (TPSA) is 52.6 Å². The van der Waals surface area contributed by atoms with Crippen molar-refractivity contribution in [3.63, 3.8) is 0 Å². The molecule has 1 aliphatic rings. The maximum atomic E-state index is 14.4. The highest BCUT2D eigenvalue weighted by molar-refractivity contribution is 5.88. The summed E-state index contributed by atoms with van der Waals surface area (Å²) in [6.45, 7) is 4.65. The van der Waals surface area contributed by atoms with Gasteiger partial charge in [-0.1, -0.05) is 72.8 Å². The minimum absolute atomic E-state index is 0.211. The van der Waals surface area contributed by atoms with Gasteiger partial charge in [0.1, 0.15) is 5.82 Å². The number of hydrogen-bond donors (Lipinski definition) is 2. The molecular weight excluding hydrogens is 451 g/mol. The van der Waals surface area contributed by atoms with Gasteiger partial charge in [0.05, 0.1) is 5.56 Å². The van der Waals surface area contributed by atoms with E-state index in [4.69, 9.17) is 0 Å². The molecule has 1 fully saturated rings. The number of carboxylic acid groups (broad SMARTS) is 1. The molecule has 4 aromatic carbocycles. The average Bonchev–Trinajstić information content (AvgIpc) is 2.91. The second-order valence-electron chi connectivity index (χ2n) is 9.68. The van der Waals surface area contributed by atoms with E-state index in [1.807, 2.05) is 6.07 Å². The summed E-state index contributed by atoms with van der Waals surface area (Å²) in [5.41, 5.74) is 3.01. The number of nitrogens with one attached hydrogen (secondary N) is 1. The number of anilines is 1. The van der Waals surface area contributed by atoms with E-state index >= 15 is 0 Å². The van der Waals surface area contributed by atoms with Crippen molar-refractivity contribution in [3.05, 3.63) is 114 Å². The zero-order valence-electron chi connectivity index (χ0n) is 20.4. The Kier molecular flexibility index (Phi) is 7.01. The molecule has 0 radical (unpaired) electrons. The molecule has 0 aromatic heterocycles. The van der Waals surface area contributed by atoms with Gasteiger partial charge in [-0.2, -0.15) is 0 Å². The Hall–Kier alpha value is -3.70. The SMILES string of the molecule is C[C@@H](NCC1CCN(c2ccc(C(=O)O)c(F)c2)CC1c1ccccc1)c1cccc2ccccc12. The van der Waals surface area contributed by atoms with Crippen molar-refractivity contribution >= 4 is 22.4 Å². The number of hydrogen-bond acceptors (Lipinski definition) is 3. The van der Waals surface area contributed by atoms with Crippen LogP contribution in [-0.4, -0.2) is 30.7 Å². The van der Waals surface area contributed by atoms with Crippen molar-refractivity contribution in [2.75, 3.05) is 24.5 Å². The number of piperidine rings is 1. The molecular formula is C31H31FN2O2. The van der Waals surface area contributed by atoms with Crippen molar-refractivity contribution in [1.29, 1.82) is 0 Å². The molecule has 2 N–H and O–H groups in total. The maximum absolute atomic E-state index is 14.4. The number of aromatic carboxylic acids is 1. The number of benzene rings is 4. The Balaban J connectivity index is 1.34. The van der Waals surface area contributed by atoms with Gasteiger partial charge in [0.25, 0.3) is 0 Å². The Morgan fingerprint density at radius 2 is 1.78 bits per heavy atom. The van der Waals surface area contributed by atoms with E-state index in [0.717, 1.165) is 31.7 Å². The highest BCUT2D eigenvalue weighted by Crippen LogP contribution is 2.35. The molecule has 1 aliphatic heterocycles. The third kappa shape index (κ3) is 4.98. The molecule has 4 nitrogen and oxygen atoms in total. The van der Waals surface area contributed by atoms with Gasteiger partial charge in [-0.3, -0.25) is 0 Å². The van der Waals surface area contributed by atoms with Crippen LogP contribution in [-0.2, 0) is 0 Å². The van der Waals surface area contributed by atoms with Crippen molar-refractivity contribution in [2.45, 2.75) is 25.3 Å². The van der Waals surface area contributed by atoms with Crippen LogP contribution in [0.4, 0.5) is 10.1 Å². The van der Waals surface area contributed by atoms with Crippen molar-refractivity contribution in [1.82, 2.24) is 5.32 Å². The third-order valence-electron chi connectivity index (χ3n) is 7.51. The molecule has 1 heterocycles. The molecule has 0 amide bonds. The van der Waals surface area contributed by atoms with Crippen LogP contribution in [0.25, 0.3) is 10.8 Å². The summed E-state index contributed by atoms with van der Waals surface area (Å²) in [4.78, 5) is 13.4. The Bertz CT molecular complexity index is 1350. The zero-order chi connectivity index (χ0) is 25.1. The molecule has 0 saturated carbocycles. The van der Waals surface area contributed by atoms with Gasteiger partial charge >= 0.3 is 5.97 Å². The average molecular weight is 483 g/mol. The second kappa shape index (κ2) is 10.5. The fourth-order valence-electron chi connectivity index (χ4n) is 5.50. The molecule has 1 saturated heterocycles. The Labute approximate surface area is 211 Å². The zero-order valence-corrected chi connectivity index (χ0v) is 20.4. The lowest BCUT2D eigenvalue weighted by molar-refractivity contribution is 0.0692. The number of halogens is 1. The van der Waals surface area contributed by atoms with Crippen molar-refractivity contribution in [2.24, 2.45) is 5.92 Å². The van der Waals surface area contributed by atoms with Crippen LogP contribution in [0.15, 0.2) is 91.0 Å². The van der Waals surface area contributed by atoms with Crippen molar-refractivity contribution < 1.29 is 14.3 Å². The van der Waals surface area contributed by atoms with Gasteiger partial charge in [-0.05, 0) is 65.9 Å². The van der Waals surface area contributed by atoms with Gasteiger partial charge in [0.2, 0.25) is 0 Å². The second-order valence-corrected chi connectivity index (χ2v) is 9.68. The summed E-state index contributed by atoms with van der Waals surface area (Å²) >= 11 is 0. The molecule has 4 aromatic rings. The lowest BCUT2D eigenvalue weighted by Gasteiger charge is -2.41. The van der Waals surface area contributed by atoms with E-state index in [0.29, 0.717) is 5.92 Å². The summed E-state index contributed by atoms with van der Waals surface area (Å²) in [5, 5.41) is 15.5. The minimum Gasteiger partial charge on any atom is -0.478 e. The Morgan fingerprint density at radius 3 is 2.56 bits per heavy atom. The highest BCUT2D eigenvalue weighted by atomic mass is 19.1. The molecule has 2 unspecified atom stereocenters. The molecule has 0 spiro atoms. The van der Waals surface area contributed by atoms with Gasteiger partial charge in [0, 0.05) is 30.7 Å². The first-order chi connectivity index (χ1) is 17.5. The molecule has 5 rings (SSSR count). The van der Waals surface area contributed by atoms with E-state index < -0.39 is 11.8 Å². The van der Waals surface area contributed by atoms with E-state index in [9.17, 15) is 14.3 Å². The van der Waals surface area contributed by atoms with Gasteiger partial charge in [-0.15, -0.1) is 0 Å². The largest absolute Gasteiger partial charge is 0.478 e. The molecule has 5 heteroatoms. The lowest BCUT2D eigenvalue weighted by atomic mass is 9.80. The minimum atomic E-state index is -1.24. The molecule has 3 atom stereocenters. The van der Waals surface area contributed by atoms with E-state index in [1.165, 1.54) is 34.0 Å². The van der Waals surface area contributed by atoms with Gasteiger partial charge in [-0.25, -0.2) is 9.18 Å². The van der Waals surface area contributed by atoms with Crippen LogP contribution >= 0.6 is 0 Å². The number of carbonyl (C=O) groups is 1. The number of carboxylic acids is 1. The maximum Gasteiger partial charge on any atom is 0.338 e. The van der Waals surface area contributed by atoms with E-state index in [-0.39, 0.29) is 17.5 Å².